The maximum absolute atomic E-state index is 12.3. The van der Waals surface area contributed by atoms with Crippen LogP contribution in [-0.4, -0.2) is 35.3 Å². The number of nitrogens with zero attached hydrogens (tertiary/aromatic N) is 6. The first kappa shape index (κ1) is 15.9. The van der Waals surface area contributed by atoms with Crippen molar-refractivity contribution in [1.82, 2.24) is 34.7 Å². The molecule has 0 aliphatic carbocycles. The van der Waals surface area contributed by atoms with Crippen molar-refractivity contribution in [1.29, 1.82) is 0 Å². The van der Waals surface area contributed by atoms with Gasteiger partial charge in [0.1, 0.15) is 6.33 Å². The monoisotopic (exact) mass is 347 g/mol. The average molecular weight is 347 g/mol. The maximum atomic E-state index is 12.3. The summed E-state index contributed by atoms with van der Waals surface area (Å²) in [4.78, 5) is 20.5. The first-order chi connectivity index (χ1) is 12.7. The fraction of sp³-hybridized carbons (Fsp3) is 0.167. The number of benzene rings is 1. The van der Waals surface area contributed by atoms with E-state index in [4.69, 9.17) is 0 Å². The molecule has 1 aromatic carbocycles. The molecule has 8 heteroatoms. The molecule has 8 nitrogen and oxygen atoms in total. The van der Waals surface area contributed by atoms with Gasteiger partial charge >= 0.3 is 0 Å². The highest BCUT2D eigenvalue weighted by molar-refractivity contribution is 5.78. The molecular formula is C18H17N7O. The predicted octanol–water partition coefficient (Wildman–Crippen LogP) is 1.73. The van der Waals surface area contributed by atoms with Crippen molar-refractivity contribution in [2.24, 2.45) is 0 Å². The first-order valence-corrected chi connectivity index (χ1v) is 8.22. The molecule has 26 heavy (non-hydrogen) atoms. The second-order valence-corrected chi connectivity index (χ2v) is 5.99. The highest BCUT2D eigenvalue weighted by Crippen LogP contribution is 2.14. The number of para-hydroxylation sites is 1. The molecule has 4 aromatic rings. The largest absolute Gasteiger partial charge is 0.349 e. The molecule has 0 radical (unpaired) electrons. The molecule has 130 valence electrons. The molecule has 0 saturated heterocycles. The Bertz CT molecular complexity index is 1040. The van der Waals surface area contributed by atoms with Crippen LogP contribution >= 0.6 is 0 Å². The number of hydrogen-bond donors (Lipinski definition) is 1. The Hall–Kier alpha value is -3.55. The van der Waals surface area contributed by atoms with Crippen molar-refractivity contribution in [2.75, 3.05) is 0 Å². The van der Waals surface area contributed by atoms with E-state index in [9.17, 15) is 4.79 Å². The van der Waals surface area contributed by atoms with E-state index in [1.807, 2.05) is 43.5 Å². The van der Waals surface area contributed by atoms with E-state index in [2.05, 4.69) is 25.5 Å². The molecule has 1 N–H and O–H groups in total. The first-order valence-electron chi connectivity index (χ1n) is 8.22. The highest BCUT2D eigenvalue weighted by Gasteiger charge is 2.13. The van der Waals surface area contributed by atoms with Crippen LogP contribution in [0.15, 0.2) is 61.4 Å². The van der Waals surface area contributed by atoms with Crippen molar-refractivity contribution in [3.63, 3.8) is 0 Å². The van der Waals surface area contributed by atoms with Crippen LogP contribution in [-0.2, 0) is 11.2 Å². The van der Waals surface area contributed by atoms with Gasteiger partial charge in [-0.05, 0) is 24.6 Å². The zero-order valence-corrected chi connectivity index (χ0v) is 14.1. The topological polar surface area (TPSA) is 90.0 Å². The van der Waals surface area contributed by atoms with Crippen LogP contribution in [0.3, 0.4) is 0 Å². The number of carbonyl (C=O) groups excluding carboxylic acids is 1. The Balaban J connectivity index is 1.41. The summed E-state index contributed by atoms with van der Waals surface area (Å²) in [5.41, 5.74) is 2.68. The van der Waals surface area contributed by atoms with Gasteiger partial charge in [-0.25, -0.2) is 14.2 Å². The third-order valence-electron chi connectivity index (χ3n) is 4.05. The van der Waals surface area contributed by atoms with Crippen molar-refractivity contribution < 1.29 is 4.79 Å². The minimum atomic E-state index is -0.150. The zero-order valence-electron chi connectivity index (χ0n) is 14.1. The van der Waals surface area contributed by atoms with Gasteiger partial charge in [0.2, 0.25) is 5.91 Å². The molecule has 4 rings (SSSR count). The Labute approximate surface area is 149 Å². The molecule has 1 amide bonds. The van der Waals surface area contributed by atoms with Crippen LogP contribution in [0.2, 0.25) is 0 Å². The number of nitrogens with one attached hydrogen (secondary N) is 1. The van der Waals surface area contributed by atoms with Gasteiger partial charge in [0.05, 0.1) is 24.3 Å². The smallest absolute Gasteiger partial charge is 0.252 e. The van der Waals surface area contributed by atoms with Crippen LogP contribution < -0.4 is 5.32 Å². The molecular weight excluding hydrogens is 330 g/mol. The van der Waals surface area contributed by atoms with Gasteiger partial charge in [-0.15, -0.1) is 0 Å². The molecule has 3 heterocycles. The summed E-state index contributed by atoms with van der Waals surface area (Å²) in [5, 5.41) is 11.4. The van der Waals surface area contributed by atoms with E-state index >= 15 is 0 Å². The molecule has 0 aliphatic heterocycles. The van der Waals surface area contributed by atoms with E-state index < -0.39 is 0 Å². The lowest BCUT2D eigenvalue weighted by Crippen LogP contribution is -2.28. The molecule has 0 fully saturated rings. The molecule has 1 unspecified atom stereocenters. The van der Waals surface area contributed by atoms with Crippen LogP contribution in [0.4, 0.5) is 0 Å². The second-order valence-electron chi connectivity index (χ2n) is 5.99. The number of aromatic nitrogens is 6. The summed E-state index contributed by atoms with van der Waals surface area (Å²) in [6.07, 6.45) is 8.73. The van der Waals surface area contributed by atoms with E-state index in [0.29, 0.717) is 5.78 Å². The van der Waals surface area contributed by atoms with Crippen molar-refractivity contribution in [3.05, 3.63) is 72.6 Å². The molecule has 0 aliphatic rings. The Morgan fingerprint density at radius 3 is 2.81 bits per heavy atom. The van der Waals surface area contributed by atoms with Gasteiger partial charge in [-0.2, -0.15) is 15.2 Å². The average Bonchev–Trinajstić information content (AvgIpc) is 3.31. The van der Waals surface area contributed by atoms with Crippen LogP contribution in [0.5, 0.6) is 0 Å². The normalized spacial score (nSPS) is 12.2. The van der Waals surface area contributed by atoms with E-state index in [1.165, 1.54) is 6.33 Å². The Morgan fingerprint density at radius 1 is 1.12 bits per heavy atom. The minimum absolute atomic E-state index is 0.0915. The molecule has 3 aromatic heterocycles. The summed E-state index contributed by atoms with van der Waals surface area (Å²) in [6.45, 7) is 1.93. The molecule has 0 spiro atoms. The number of fused-ring (bicyclic) bond motifs is 1. The number of hydrogen-bond acceptors (Lipinski definition) is 5. The van der Waals surface area contributed by atoms with Crippen molar-refractivity contribution >= 4 is 11.7 Å². The Kier molecular flexibility index (Phi) is 4.14. The summed E-state index contributed by atoms with van der Waals surface area (Å²) >= 11 is 0. The van der Waals surface area contributed by atoms with E-state index in [1.54, 1.807) is 27.8 Å². The van der Waals surface area contributed by atoms with Gasteiger partial charge in [0, 0.05) is 24.2 Å². The lowest BCUT2D eigenvalue weighted by Gasteiger charge is -2.12. The second kappa shape index (κ2) is 6.75. The number of amides is 1. The van der Waals surface area contributed by atoms with Gasteiger partial charge in [0.15, 0.2) is 0 Å². The quantitative estimate of drug-likeness (QED) is 0.594. The summed E-state index contributed by atoms with van der Waals surface area (Å²) in [5.74, 6) is 0.419. The Morgan fingerprint density at radius 2 is 1.96 bits per heavy atom. The maximum Gasteiger partial charge on any atom is 0.252 e. The summed E-state index contributed by atoms with van der Waals surface area (Å²) < 4.78 is 3.34. The summed E-state index contributed by atoms with van der Waals surface area (Å²) in [7, 11) is 0. The number of rotatable bonds is 5. The molecule has 1 atom stereocenters. The third-order valence-corrected chi connectivity index (χ3v) is 4.05. The van der Waals surface area contributed by atoms with Gasteiger partial charge in [-0.1, -0.05) is 18.2 Å². The number of carbonyl (C=O) groups is 1. The predicted molar refractivity (Wildman–Crippen MR) is 94.6 cm³/mol. The molecule has 0 saturated carbocycles. The zero-order chi connectivity index (χ0) is 17.9. The fourth-order valence-corrected chi connectivity index (χ4v) is 2.69. The summed E-state index contributed by atoms with van der Waals surface area (Å²) in [6, 6.07) is 9.69. The SMILES string of the molecule is CC(NC(=O)Cc1cnc2ncnn2c1)c1cnn(-c2ccccc2)c1. The lowest BCUT2D eigenvalue weighted by atomic mass is 10.1. The lowest BCUT2D eigenvalue weighted by molar-refractivity contribution is -0.121. The van der Waals surface area contributed by atoms with Crippen molar-refractivity contribution in [3.8, 4) is 5.69 Å². The minimum Gasteiger partial charge on any atom is -0.349 e. The van der Waals surface area contributed by atoms with Crippen LogP contribution in [0.25, 0.3) is 11.5 Å². The third kappa shape index (κ3) is 3.30. The highest BCUT2D eigenvalue weighted by atomic mass is 16.1. The van der Waals surface area contributed by atoms with Crippen LogP contribution in [0, 0.1) is 0 Å². The van der Waals surface area contributed by atoms with E-state index in [0.717, 1.165) is 16.8 Å². The molecule has 0 bridgehead atoms. The standard InChI is InChI=1S/C18H17N7O/c1-13(15-9-21-24(11-15)16-5-3-2-4-6-16)23-17(26)7-14-8-19-18-20-12-22-25(18)10-14/h2-6,8-13H,7H2,1H3,(H,23,26). The van der Waals surface area contributed by atoms with Crippen LogP contribution in [0.1, 0.15) is 24.1 Å². The van der Waals surface area contributed by atoms with Gasteiger partial charge < -0.3 is 5.32 Å². The van der Waals surface area contributed by atoms with E-state index in [-0.39, 0.29) is 18.4 Å². The van der Waals surface area contributed by atoms with Gasteiger partial charge in [-0.3, -0.25) is 4.79 Å². The van der Waals surface area contributed by atoms with Crippen molar-refractivity contribution in [2.45, 2.75) is 19.4 Å². The van der Waals surface area contributed by atoms with Gasteiger partial charge in [0.25, 0.3) is 5.78 Å². The fourth-order valence-electron chi connectivity index (χ4n) is 2.69.